The number of ether oxygens (including phenoxy) is 1. The monoisotopic (exact) mass is 261 g/mol. The zero-order valence-corrected chi connectivity index (χ0v) is 10.3. The Kier molecular flexibility index (Phi) is 3.50. The highest BCUT2D eigenvalue weighted by Crippen LogP contribution is 2.31. The van der Waals surface area contributed by atoms with Gasteiger partial charge in [0.1, 0.15) is 11.6 Å². The summed E-state index contributed by atoms with van der Waals surface area (Å²) >= 11 is 6.03. The van der Waals surface area contributed by atoms with Crippen LogP contribution in [0.2, 0.25) is 5.02 Å². The lowest BCUT2D eigenvalue weighted by Gasteiger charge is -2.08. The molecule has 0 aliphatic heterocycles. The first-order valence-corrected chi connectivity index (χ1v) is 5.56. The minimum atomic E-state index is -0.379. The van der Waals surface area contributed by atoms with Crippen LogP contribution in [0.4, 0.5) is 4.39 Å². The molecule has 0 aliphatic rings. The maximum absolute atomic E-state index is 13.2. The van der Waals surface area contributed by atoms with E-state index in [0.29, 0.717) is 27.5 Å². The average Bonchev–Trinajstić information content (AvgIpc) is 2.40. The molecule has 4 heteroatoms. The van der Waals surface area contributed by atoms with E-state index in [-0.39, 0.29) is 5.82 Å². The molecule has 0 radical (unpaired) electrons. The van der Waals surface area contributed by atoms with E-state index >= 15 is 0 Å². The van der Waals surface area contributed by atoms with Crippen LogP contribution in [0.3, 0.4) is 0 Å². The van der Waals surface area contributed by atoms with Crippen molar-refractivity contribution >= 4 is 11.6 Å². The van der Waals surface area contributed by atoms with Crippen LogP contribution in [0.1, 0.15) is 5.56 Å². The summed E-state index contributed by atoms with van der Waals surface area (Å²) in [5.74, 6) is 0.153. The quantitative estimate of drug-likeness (QED) is 0.818. The van der Waals surface area contributed by atoms with Gasteiger partial charge in [0, 0.05) is 10.6 Å². The summed E-state index contributed by atoms with van der Waals surface area (Å²) in [7, 11) is 1.51. The van der Waals surface area contributed by atoms with Crippen LogP contribution >= 0.6 is 11.6 Å². The van der Waals surface area contributed by atoms with Gasteiger partial charge in [0.15, 0.2) is 0 Å². The molecule has 0 heterocycles. The van der Waals surface area contributed by atoms with E-state index in [2.05, 4.69) is 0 Å². The number of nitriles is 1. The van der Waals surface area contributed by atoms with E-state index in [0.717, 1.165) is 0 Å². The van der Waals surface area contributed by atoms with Gasteiger partial charge in [-0.25, -0.2) is 4.39 Å². The van der Waals surface area contributed by atoms with Crippen LogP contribution in [0.25, 0.3) is 11.1 Å². The van der Waals surface area contributed by atoms with Crippen molar-refractivity contribution in [3.05, 3.63) is 52.8 Å². The lowest BCUT2D eigenvalue weighted by atomic mass is 10.0. The summed E-state index contributed by atoms with van der Waals surface area (Å²) in [6.45, 7) is 0. The average molecular weight is 262 g/mol. The van der Waals surface area contributed by atoms with E-state index in [1.807, 2.05) is 6.07 Å². The van der Waals surface area contributed by atoms with Crippen LogP contribution in [-0.4, -0.2) is 7.11 Å². The second-order valence-electron chi connectivity index (χ2n) is 3.69. The van der Waals surface area contributed by atoms with Gasteiger partial charge in [-0.15, -0.1) is 0 Å². The van der Waals surface area contributed by atoms with Crippen molar-refractivity contribution in [2.24, 2.45) is 0 Å². The Morgan fingerprint density at radius 1 is 1.22 bits per heavy atom. The Labute approximate surface area is 109 Å². The summed E-state index contributed by atoms with van der Waals surface area (Å²) in [5.41, 5.74) is 1.62. The number of hydrogen-bond acceptors (Lipinski definition) is 2. The van der Waals surface area contributed by atoms with Gasteiger partial charge < -0.3 is 4.74 Å². The molecule has 2 aromatic carbocycles. The first-order chi connectivity index (χ1) is 8.63. The zero-order valence-electron chi connectivity index (χ0n) is 9.58. The highest BCUT2D eigenvalue weighted by Gasteiger charge is 2.08. The SMILES string of the molecule is COc1cc(C#N)cc(-c2cc(F)ccc2Cl)c1. The summed E-state index contributed by atoms with van der Waals surface area (Å²) in [5, 5.41) is 9.36. The molecule has 0 N–H and O–H groups in total. The smallest absolute Gasteiger partial charge is 0.123 e. The predicted octanol–water partition coefficient (Wildman–Crippen LogP) is 4.03. The summed E-state index contributed by atoms with van der Waals surface area (Å²) in [6, 6.07) is 11.1. The number of rotatable bonds is 2. The zero-order chi connectivity index (χ0) is 13.1. The molecular weight excluding hydrogens is 253 g/mol. The van der Waals surface area contributed by atoms with Gasteiger partial charge in [0.05, 0.1) is 18.7 Å². The second-order valence-corrected chi connectivity index (χ2v) is 4.09. The molecule has 0 aliphatic carbocycles. The molecular formula is C14H9ClFNO. The second kappa shape index (κ2) is 5.07. The molecule has 2 rings (SSSR count). The molecule has 0 amide bonds. The molecule has 18 heavy (non-hydrogen) atoms. The van der Waals surface area contributed by atoms with Crippen molar-refractivity contribution in [3.63, 3.8) is 0 Å². The molecule has 0 atom stereocenters. The molecule has 0 bridgehead atoms. The van der Waals surface area contributed by atoms with E-state index in [9.17, 15) is 4.39 Å². The number of hydrogen-bond donors (Lipinski definition) is 0. The highest BCUT2D eigenvalue weighted by atomic mass is 35.5. The van der Waals surface area contributed by atoms with E-state index in [1.165, 1.54) is 25.3 Å². The number of benzene rings is 2. The van der Waals surface area contributed by atoms with Crippen molar-refractivity contribution < 1.29 is 9.13 Å². The third-order valence-electron chi connectivity index (χ3n) is 2.51. The molecule has 0 unspecified atom stereocenters. The Hall–Kier alpha value is -2.05. The topological polar surface area (TPSA) is 33.0 Å². The van der Waals surface area contributed by atoms with Crippen LogP contribution < -0.4 is 4.74 Å². The van der Waals surface area contributed by atoms with Crippen LogP contribution in [0, 0.1) is 17.1 Å². The summed E-state index contributed by atoms with van der Waals surface area (Å²) in [6.07, 6.45) is 0. The molecule has 90 valence electrons. The lowest BCUT2D eigenvalue weighted by Crippen LogP contribution is -1.88. The molecule has 0 spiro atoms. The molecule has 0 saturated carbocycles. The lowest BCUT2D eigenvalue weighted by molar-refractivity contribution is 0.415. The van der Waals surface area contributed by atoms with E-state index in [1.54, 1.807) is 18.2 Å². The minimum absolute atomic E-state index is 0.379. The maximum atomic E-state index is 13.2. The van der Waals surface area contributed by atoms with E-state index < -0.39 is 0 Å². The third-order valence-corrected chi connectivity index (χ3v) is 2.84. The van der Waals surface area contributed by atoms with Gasteiger partial charge in [0.25, 0.3) is 0 Å². The number of methoxy groups -OCH3 is 1. The van der Waals surface area contributed by atoms with E-state index in [4.69, 9.17) is 21.6 Å². The van der Waals surface area contributed by atoms with Gasteiger partial charge in [0.2, 0.25) is 0 Å². The normalized spacial score (nSPS) is 9.89. The summed E-state index contributed by atoms with van der Waals surface area (Å²) < 4.78 is 18.3. The molecule has 0 fully saturated rings. The molecule has 2 aromatic rings. The first kappa shape index (κ1) is 12.4. The fourth-order valence-electron chi connectivity index (χ4n) is 1.66. The van der Waals surface area contributed by atoms with Gasteiger partial charge in [-0.2, -0.15) is 5.26 Å². The van der Waals surface area contributed by atoms with Crippen molar-refractivity contribution in [2.75, 3.05) is 7.11 Å². The number of nitrogens with zero attached hydrogens (tertiary/aromatic N) is 1. The number of halogens is 2. The predicted molar refractivity (Wildman–Crippen MR) is 68.1 cm³/mol. The minimum Gasteiger partial charge on any atom is -0.497 e. The van der Waals surface area contributed by atoms with Crippen molar-refractivity contribution in [1.82, 2.24) is 0 Å². The fourth-order valence-corrected chi connectivity index (χ4v) is 1.88. The van der Waals surface area contributed by atoms with Crippen molar-refractivity contribution in [3.8, 4) is 22.9 Å². The van der Waals surface area contributed by atoms with Gasteiger partial charge in [-0.3, -0.25) is 0 Å². The van der Waals surface area contributed by atoms with Crippen LogP contribution in [0.15, 0.2) is 36.4 Å². The fraction of sp³-hybridized carbons (Fsp3) is 0.0714. The van der Waals surface area contributed by atoms with Crippen molar-refractivity contribution in [1.29, 1.82) is 5.26 Å². The third kappa shape index (κ3) is 2.44. The van der Waals surface area contributed by atoms with Crippen molar-refractivity contribution in [2.45, 2.75) is 0 Å². The van der Waals surface area contributed by atoms with Crippen LogP contribution in [0.5, 0.6) is 5.75 Å². The highest BCUT2D eigenvalue weighted by molar-refractivity contribution is 6.33. The Bertz CT molecular complexity index is 634. The molecule has 0 aromatic heterocycles. The maximum Gasteiger partial charge on any atom is 0.123 e. The van der Waals surface area contributed by atoms with Crippen LogP contribution in [-0.2, 0) is 0 Å². The van der Waals surface area contributed by atoms with Gasteiger partial charge in [-0.05, 0) is 42.0 Å². The van der Waals surface area contributed by atoms with Gasteiger partial charge >= 0.3 is 0 Å². The molecule has 2 nitrogen and oxygen atoms in total. The largest absolute Gasteiger partial charge is 0.497 e. The standard InChI is InChI=1S/C14H9ClFNO/c1-18-12-5-9(8-17)4-10(6-12)13-7-11(16)2-3-14(13)15/h2-7H,1H3. The summed E-state index contributed by atoms with van der Waals surface area (Å²) in [4.78, 5) is 0. The van der Waals surface area contributed by atoms with Gasteiger partial charge in [-0.1, -0.05) is 11.6 Å². The Morgan fingerprint density at radius 3 is 2.67 bits per heavy atom. The Balaban J connectivity index is 2.63. The molecule has 0 saturated heterocycles. The Morgan fingerprint density at radius 2 is 2.00 bits per heavy atom. The first-order valence-electron chi connectivity index (χ1n) is 5.18.